The third-order valence-electron chi connectivity index (χ3n) is 4.95. The van der Waals surface area contributed by atoms with Gasteiger partial charge in [0.05, 0.1) is 13.2 Å². The number of aliphatic hydroxyl groups is 1. The predicted octanol–water partition coefficient (Wildman–Crippen LogP) is 3.01. The SMILES string of the molecule is CC(C)C(NCc1nnc(-c2ccccc2)o1)C1(CO)CCC1. The Labute approximate surface area is 137 Å². The van der Waals surface area contributed by atoms with E-state index >= 15 is 0 Å². The molecule has 1 aromatic heterocycles. The highest BCUT2D eigenvalue weighted by Gasteiger charge is 2.44. The Morgan fingerprint density at radius 2 is 1.96 bits per heavy atom. The second kappa shape index (κ2) is 6.81. The highest BCUT2D eigenvalue weighted by molar-refractivity contribution is 5.51. The summed E-state index contributed by atoms with van der Waals surface area (Å²) in [6.45, 7) is 5.15. The van der Waals surface area contributed by atoms with Crippen LogP contribution in [0.5, 0.6) is 0 Å². The van der Waals surface area contributed by atoms with Crippen LogP contribution in [0.4, 0.5) is 0 Å². The van der Waals surface area contributed by atoms with E-state index in [4.69, 9.17) is 4.42 Å². The Kier molecular flexibility index (Phi) is 4.78. The normalized spacial score (nSPS) is 17.9. The molecule has 124 valence electrons. The third-order valence-corrected chi connectivity index (χ3v) is 4.95. The Hall–Kier alpha value is -1.72. The molecular formula is C18H25N3O2. The maximum atomic E-state index is 9.81. The molecule has 1 atom stereocenters. The van der Waals surface area contributed by atoms with E-state index in [1.807, 2.05) is 30.3 Å². The van der Waals surface area contributed by atoms with Crippen LogP contribution in [-0.4, -0.2) is 28.0 Å². The maximum Gasteiger partial charge on any atom is 0.247 e. The van der Waals surface area contributed by atoms with Crippen molar-refractivity contribution >= 4 is 0 Å². The summed E-state index contributed by atoms with van der Waals surface area (Å²) in [5, 5.41) is 21.6. The largest absolute Gasteiger partial charge is 0.419 e. The minimum atomic E-state index is 0.0104. The van der Waals surface area contributed by atoms with Crippen molar-refractivity contribution in [1.29, 1.82) is 0 Å². The van der Waals surface area contributed by atoms with E-state index < -0.39 is 0 Å². The van der Waals surface area contributed by atoms with Crippen molar-refractivity contribution in [2.75, 3.05) is 6.61 Å². The summed E-state index contributed by atoms with van der Waals surface area (Å²) in [7, 11) is 0. The van der Waals surface area contributed by atoms with Gasteiger partial charge < -0.3 is 14.8 Å². The fourth-order valence-electron chi connectivity index (χ4n) is 3.58. The fraction of sp³-hybridized carbons (Fsp3) is 0.556. The second-order valence-corrected chi connectivity index (χ2v) is 6.84. The zero-order valence-corrected chi connectivity index (χ0v) is 13.8. The highest BCUT2D eigenvalue weighted by atomic mass is 16.4. The topological polar surface area (TPSA) is 71.2 Å². The summed E-state index contributed by atoms with van der Waals surface area (Å²) in [6, 6.07) is 10.0. The number of benzene rings is 1. The number of hydrogen-bond acceptors (Lipinski definition) is 5. The smallest absolute Gasteiger partial charge is 0.247 e. The summed E-state index contributed by atoms with van der Waals surface area (Å²) >= 11 is 0. The van der Waals surface area contributed by atoms with Gasteiger partial charge in [0, 0.05) is 17.0 Å². The van der Waals surface area contributed by atoms with Gasteiger partial charge in [-0.05, 0) is 30.9 Å². The lowest BCUT2D eigenvalue weighted by atomic mass is 9.62. The van der Waals surface area contributed by atoms with Gasteiger partial charge in [-0.2, -0.15) is 0 Å². The van der Waals surface area contributed by atoms with Crippen molar-refractivity contribution in [2.45, 2.75) is 45.7 Å². The zero-order valence-electron chi connectivity index (χ0n) is 13.8. The molecule has 1 aromatic carbocycles. The van der Waals surface area contributed by atoms with Gasteiger partial charge >= 0.3 is 0 Å². The first kappa shape index (κ1) is 16.1. The number of aromatic nitrogens is 2. The quantitative estimate of drug-likeness (QED) is 0.822. The van der Waals surface area contributed by atoms with Crippen LogP contribution in [0.15, 0.2) is 34.7 Å². The van der Waals surface area contributed by atoms with Gasteiger partial charge in [0.1, 0.15) is 0 Å². The van der Waals surface area contributed by atoms with E-state index in [1.54, 1.807) is 0 Å². The Morgan fingerprint density at radius 3 is 2.52 bits per heavy atom. The molecule has 23 heavy (non-hydrogen) atoms. The first-order chi connectivity index (χ1) is 11.1. The Balaban J connectivity index is 1.66. The molecule has 2 aromatic rings. The van der Waals surface area contributed by atoms with Gasteiger partial charge in [0.2, 0.25) is 11.8 Å². The number of hydrogen-bond donors (Lipinski definition) is 2. The molecule has 1 aliphatic carbocycles. The number of nitrogens with zero attached hydrogens (tertiary/aromatic N) is 2. The third kappa shape index (κ3) is 3.31. The summed E-state index contributed by atoms with van der Waals surface area (Å²) in [5.74, 6) is 1.57. The average molecular weight is 315 g/mol. The first-order valence-electron chi connectivity index (χ1n) is 8.37. The van der Waals surface area contributed by atoms with Crippen molar-refractivity contribution in [2.24, 2.45) is 11.3 Å². The lowest BCUT2D eigenvalue weighted by molar-refractivity contribution is -0.0108. The van der Waals surface area contributed by atoms with Crippen molar-refractivity contribution in [3.05, 3.63) is 36.2 Å². The fourth-order valence-corrected chi connectivity index (χ4v) is 3.58. The van der Waals surface area contributed by atoms with Gasteiger partial charge in [-0.25, -0.2) is 0 Å². The molecule has 5 heteroatoms. The van der Waals surface area contributed by atoms with Gasteiger partial charge in [0.25, 0.3) is 0 Å². The predicted molar refractivity (Wildman–Crippen MR) is 88.6 cm³/mol. The zero-order chi connectivity index (χ0) is 16.3. The molecule has 1 saturated carbocycles. The van der Waals surface area contributed by atoms with Crippen LogP contribution in [0.3, 0.4) is 0 Å². The molecule has 2 N–H and O–H groups in total. The van der Waals surface area contributed by atoms with Crippen LogP contribution in [0, 0.1) is 11.3 Å². The average Bonchev–Trinajstić information content (AvgIpc) is 2.99. The van der Waals surface area contributed by atoms with E-state index in [0.717, 1.165) is 18.4 Å². The van der Waals surface area contributed by atoms with Crippen LogP contribution in [0.1, 0.15) is 39.0 Å². The van der Waals surface area contributed by atoms with Crippen molar-refractivity contribution < 1.29 is 9.52 Å². The molecule has 0 amide bonds. The first-order valence-corrected chi connectivity index (χ1v) is 8.37. The lowest BCUT2D eigenvalue weighted by Gasteiger charge is -2.48. The minimum Gasteiger partial charge on any atom is -0.419 e. The molecule has 1 aliphatic rings. The molecule has 1 heterocycles. The Bertz CT molecular complexity index is 615. The highest BCUT2D eigenvalue weighted by Crippen LogP contribution is 2.45. The molecular weight excluding hydrogens is 290 g/mol. The molecule has 1 unspecified atom stereocenters. The molecule has 3 rings (SSSR count). The van der Waals surface area contributed by atoms with Crippen molar-refractivity contribution in [3.8, 4) is 11.5 Å². The molecule has 1 fully saturated rings. The Morgan fingerprint density at radius 1 is 1.22 bits per heavy atom. The van der Waals surface area contributed by atoms with E-state index in [9.17, 15) is 5.11 Å². The van der Waals surface area contributed by atoms with Gasteiger partial charge in [0.15, 0.2) is 0 Å². The van der Waals surface area contributed by atoms with Crippen LogP contribution >= 0.6 is 0 Å². The lowest BCUT2D eigenvalue weighted by Crippen LogP contribution is -2.54. The summed E-state index contributed by atoms with van der Waals surface area (Å²) in [5.41, 5.74) is 0.939. The van der Waals surface area contributed by atoms with Crippen LogP contribution < -0.4 is 5.32 Å². The standard InChI is InChI=1S/C18H25N3O2/c1-13(2)16(18(12-22)9-6-10-18)19-11-15-20-21-17(23-15)14-7-4-3-5-8-14/h3-5,7-8,13,16,19,22H,6,9-12H2,1-2H3. The summed E-state index contributed by atoms with van der Waals surface area (Å²) < 4.78 is 5.75. The van der Waals surface area contributed by atoms with Gasteiger partial charge in [-0.15, -0.1) is 10.2 Å². The van der Waals surface area contributed by atoms with E-state index in [-0.39, 0.29) is 18.1 Å². The monoisotopic (exact) mass is 315 g/mol. The van der Waals surface area contributed by atoms with Crippen molar-refractivity contribution in [1.82, 2.24) is 15.5 Å². The summed E-state index contributed by atoms with van der Waals surface area (Å²) in [6.07, 6.45) is 3.36. The van der Waals surface area contributed by atoms with Gasteiger partial charge in [-0.3, -0.25) is 0 Å². The maximum absolute atomic E-state index is 9.81. The van der Waals surface area contributed by atoms with E-state index in [2.05, 4.69) is 29.4 Å². The molecule has 5 nitrogen and oxygen atoms in total. The number of aliphatic hydroxyl groups excluding tert-OH is 1. The number of rotatable bonds is 7. The second-order valence-electron chi connectivity index (χ2n) is 6.84. The van der Waals surface area contributed by atoms with Crippen LogP contribution in [0.25, 0.3) is 11.5 Å². The van der Waals surface area contributed by atoms with E-state index in [1.165, 1.54) is 6.42 Å². The van der Waals surface area contributed by atoms with Crippen molar-refractivity contribution in [3.63, 3.8) is 0 Å². The molecule has 0 aliphatic heterocycles. The number of nitrogens with one attached hydrogen (secondary N) is 1. The minimum absolute atomic E-state index is 0.0104. The van der Waals surface area contributed by atoms with Gasteiger partial charge in [-0.1, -0.05) is 38.5 Å². The molecule has 0 saturated heterocycles. The molecule has 0 bridgehead atoms. The van der Waals surface area contributed by atoms with E-state index in [0.29, 0.717) is 24.2 Å². The van der Waals surface area contributed by atoms with Crippen LogP contribution in [-0.2, 0) is 6.54 Å². The molecule has 0 spiro atoms. The van der Waals surface area contributed by atoms with Crippen LogP contribution in [0.2, 0.25) is 0 Å². The summed E-state index contributed by atoms with van der Waals surface area (Å²) in [4.78, 5) is 0. The molecule has 0 radical (unpaired) electrons.